The monoisotopic (exact) mass is 408 g/mol. The third kappa shape index (κ3) is 3.98. The molecule has 1 aromatic rings. The number of carboxylic acids is 1. The zero-order valence-corrected chi connectivity index (χ0v) is 16.9. The summed E-state index contributed by atoms with van der Waals surface area (Å²) in [5.74, 6) is -1.85. The second kappa shape index (κ2) is 8.93. The van der Waals surface area contributed by atoms with Crippen molar-refractivity contribution in [3.8, 4) is 6.07 Å². The average molecular weight is 408 g/mol. The van der Waals surface area contributed by atoms with Crippen molar-refractivity contribution in [2.45, 2.75) is 19.4 Å². The predicted molar refractivity (Wildman–Crippen MR) is 112 cm³/mol. The molecule has 2 amide bonds. The number of likely N-dealkylation sites (N-methyl/N-ethyl adjacent to an activating group) is 1. The normalized spacial score (nSPS) is 17.9. The lowest BCUT2D eigenvalue weighted by Gasteiger charge is -2.32. The third-order valence-electron chi connectivity index (χ3n) is 5.35. The highest BCUT2D eigenvalue weighted by atomic mass is 16.4. The molecule has 8 nitrogen and oxygen atoms in total. The molecule has 156 valence electrons. The lowest BCUT2D eigenvalue weighted by Crippen LogP contribution is -2.43. The summed E-state index contributed by atoms with van der Waals surface area (Å²) >= 11 is 0. The van der Waals surface area contributed by atoms with Gasteiger partial charge in [0.05, 0.1) is 6.07 Å². The molecule has 0 aromatic heterocycles. The van der Waals surface area contributed by atoms with E-state index < -0.39 is 17.8 Å². The molecular formula is C22H24N4O4. The Labute approximate surface area is 175 Å². The first-order valence-corrected chi connectivity index (χ1v) is 9.76. The minimum Gasteiger partial charge on any atom is -0.481 e. The number of nitriles is 1. The van der Waals surface area contributed by atoms with Crippen LogP contribution in [0.5, 0.6) is 0 Å². The zero-order chi connectivity index (χ0) is 21.8. The second-order valence-electron chi connectivity index (χ2n) is 7.38. The lowest BCUT2D eigenvalue weighted by atomic mass is 9.87. The number of carbonyl (C=O) groups excluding carboxylic acids is 2. The number of hydrogen-bond donors (Lipinski definition) is 1. The molecule has 0 saturated heterocycles. The van der Waals surface area contributed by atoms with Crippen LogP contribution in [0.4, 0.5) is 5.69 Å². The van der Waals surface area contributed by atoms with E-state index in [1.165, 1.54) is 6.08 Å². The lowest BCUT2D eigenvalue weighted by molar-refractivity contribution is -0.137. The van der Waals surface area contributed by atoms with Gasteiger partial charge in [0.25, 0.3) is 11.8 Å². The largest absolute Gasteiger partial charge is 0.481 e. The van der Waals surface area contributed by atoms with Crippen molar-refractivity contribution in [2.75, 3.05) is 38.1 Å². The number of imide groups is 1. The van der Waals surface area contributed by atoms with Crippen molar-refractivity contribution in [3.63, 3.8) is 0 Å². The van der Waals surface area contributed by atoms with Crippen LogP contribution in [0.2, 0.25) is 0 Å². The summed E-state index contributed by atoms with van der Waals surface area (Å²) in [6, 6.07) is 5.71. The van der Waals surface area contributed by atoms with Crippen molar-refractivity contribution < 1.29 is 19.5 Å². The second-order valence-corrected chi connectivity index (χ2v) is 7.38. The Bertz CT molecular complexity index is 976. The van der Waals surface area contributed by atoms with E-state index in [-0.39, 0.29) is 25.9 Å². The van der Waals surface area contributed by atoms with Crippen LogP contribution < -0.4 is 4.90 Å². The molecular weight excluding hydrogens is 384 g/mol. The van der Waals surface area contributed by atoms with Gasteiger partial charge in [-0.2, -0.15) is 5.26 Å². The zero-order valence-electron chi connectivity index (χ0n) is 16.9. The van der Waals surface area contributed by atoms with Crippen molar-refractivity contribution in [1.82, 2.24) is 9.80 Å². The Kier molecular flexibility index (Phi) is 6.33. The summed E-state index contributed by atoms with van der Waals surface area (Å²) < 4.78 is 0. The fourth-order valence-corrected chi connectivity index (χ4v) is 3.94. The van der Waals surface area contributed by atoms with Gasteiger partial charge < -0.3 is 14.9 Å². The van der Waals surface area contributed by atoms with Gasteiger partial charge in [0.2, 0.25) is 0 Å². The van der Waals surface area contributed by atoms with Gasteiger partial charge in [-0.1, -0.05) is 12.7 Å². The Morgan fingerprint density at radius 3 is 2.73 bits per heavy atom. The molecule has 30 heavy (non-hydrogen) atoms. The van der Waals surface area contributed by atoms with Gasteiger partial charge in [-0.15, -0.1) is 0 Å². The molecule has 0 bridgehead atoms. The fraction of sp³-hybridized carbons (Fsp3) is 0.364. The van der Waals surface area contributed by atoms with Gasteiger partial charge in [-0.25, -0.2) is 0 Å². The predicted octanol–water partition coefficient (Wildman–Crippen LogP) is 1.88. The molecule has 2 aliphatic rings. The number of hydrogen-bond acceptors (Lipinski definition) is 6. The highest BCUT2D eigenvalue weighted by Crippen LogP contribution is 2.38. The van der Waals surface area contributed by atoms with Crippen LogP contribution in [0, 0.1) is 11.3 Å². The van der Waals surface area contributed by atoms with Gasteiger partial charge in [0.1, 0.15) is 6.54 Å². The van der Waals surface area contributed by atoms with Crippen molar-refractivity contribution in [3.05, 3.63) is 47.6 Å². The number of carboxylic acid groups (broad SMARTS) is 1. The van der Waals surface area contributed by atoms with Crippen molar-refractivity contribution in [1.29, 1.82) is 5.26 Å². The summed E-state index contributed by atoms with van der Waals surface area (Å²) in [5.41, 5.74) is 3.02. The summed E-state index contributed by atoms with van der Waals surface area (Å²) in [6.45, 7) is 5.90. The third-order valence-corrected chi connectivity index (χ3v) is 5.35. The first-order chi connectivity index (χ1) is 14.4. The number of carbonyl (C=O) groups is 3. The number of fused-ring (bicyclic) bond motifs is 3. The average Bonchev–Trinajstić information content (AvgIpc) is 2.86. The van der Waals surface area contributed by atoms with Crippen LogP contribution in [0.3, 0.4) is 0 Å². The molecule has 0 spiro atoms. The number of aliphatic carboxylic acids is 1. The summed E-state index contributed by atoms with van der Waals surface area (Å²) in [7, 11) is 1.96. The van der Waals surface area contributed by atoms with Crippen molar-refractivity contribution >= 4 is 29.0 Å². The molecule has 0 saturated carbocycles. The van der Waals surface area contributed by atoms with Crippen LogP contribution in [-0.4, -0.2) is 65.9 Å². The van der Waals surface area contributed by atoms with E-state index in [0.29, 0.717) is 29.8 Å². The van der Waals surface area contributed by atoms with Crippen LogP contribution in [-0.2, 0) is 16.1 Å². The number of nitrogens with zero attached hydrogens (tertiary/aromatic N) is 4. The highest BCUT2D eigenvalue weighted by molar-refractivity contribution is 6.31. The molecule has 0 aliphatic carbocycles. The van der Waals surface area contributed by atoms with Gasteiger partial charge in [-0.3, -0.25) is 19.3 Å². The van der Waals surface area contributed by atoms with Crippen LogP contribution in [0.25, 0.3) is 5.57 Å². The summed E-state index contributed by atoms with van der Waals surface area (Å²) in [4.78, 5) is 42.3. The first-order valence-electron chi connectivity index (χ1n) is 9.76. The summed E-state index contributed by atoms with van der Waals surface area (Å²) in [5, 5.41) is 18.1. The molecule has 0 fully saturated rings. The molecule has 0 unspecified atom stereocenters. The fourth-order valence-electron chi connectivity index (χ4n) is 3.94. The maximum atomic E-state index is 13.2. The molecule has 1 aromatic carbocycles. The van der Waals surface area contributed by atoms with E-state index in [2.05, 4.69) is 17.5 Å². The van der Waals surface area contributed by atoms with Crippen LogP contribution >= 0.6 is 0 Å². The molecule has 2 aliphatic heterocycles. The van der Waals surface area contributed by atoms with E-state index in [4.69, 9.17) is 5.11 Å². The minimum absolute atomic E-state index is 0.0371. The van der Waals surface area contributed by atoms with E-state index in [1.54, 1.807) is 12.1 Å². The van der Waals surface area contributed by atoms with Gasteiger partial charge in [-0.05, 0) is 37.2 Å². The van der Waals surface area contributed by atoms with Gasteiger partial charge in [0.15, 0.2) is 0 Å². The first kappa shape index (κ1) is 21.3. The summed E-state index contributed by atoms with van der Waals surface area (Å²) in [6.07, 6.45) is 3.17. The van der Waals surface area contributed by atoms with Gasteiger partial charge >= 0.3 is 5.97 Å². The van der Waals surface area contributed by atoms with Crippen LogP contribution in [0.15, 0.2) is 30.9 Å². The number of allylic oxidation sites excluding steroid dienone is 2. The molecule has 8 heteroatoms. The van der Waals surface area contributed by atoms with E-state index in [9.17, 15) is 19.6 Å². The minimum atomic E-state index is -0.972. The molecule has 3 rings (SSSR count). The maximum Gasteiger partial charge on any atom is 0.303 e. The van der Waals surface area contributed by atoms with E-state index >= 15 is 0 Å². The standard InChI is InChI=1S/C22H24N4O4/c1-3-5-15-20-16(22(30)26(21(15)29)10-4-6-19(27)28)7-8-18-17(20)14-24(2)12-13-25(18)11-9-23/h3,5,7-8H,1,4,6,10-14H2,2H3,(H,27,28)/b15-5+. The quantitative estimate of drug-likeness (QED) is 0.435. The van der Waals surface area contributed by atoms with E-state index in [0.717, 1.165) is 22.7 Å². The topological polar surface area (TPSA) is 105 Å². The number of benzene rings is 1. The maximum absolute atomic E-state index is 13.2. The molecule has 1 N–H and O–H groups in total. The SMILES string of the molecule is C=C/C=C1/C(=O)N(CCCC(=O)O)C(=O)c2ccc3c(c21)CN(C)CCN3CC#N. The number of amides is 2. The van der Waals surface area contributed by atoms with Gasteiger partial charge in [0, 0.05) is 55.0 Å². The number of rotatable bonds is 6. The molecule has 2 heterocycles. The smallest absolute Gasteiger partial charge is 0.303 e. The Morgan fingerprint density at radius 2 is 2.07 bits per heavy atom. The van der Waals surface area contributed by atoms with E-state index in [1.807, 2.05) is 18.0 Å². The molecule has 0 atom stereocenters. The Balaban J connectivity index is 2.13. The highest BCUT2D eigenvalue weighted by Gasteiger charge is 2.37. The Hall–Kier alpha value is -3.44. The number of anilines is 1. The van der Waals surface area contributed by atoms with Crippen molar-refractivity contribution in [2.24, 2.45) is 0 Å². The van der Waals surface area contributed by atoms with Crippen LogP contribution in [0.1, 0.15) is 34.3 Å². The molecule has 0 radical (unpaired) electrons. The Morgan fingerprint density at radius 1 is 1.30 bits per heavy atom.